The van der Waals surface area contributed by atoms with E-state index in [-0.39, 0.29) is 22.8 Å². The molecule has 4 aromatic rings. The first-order chi connectivity index (χ1) is 16.3. The summed E-state index contributed by atoms with van der Waals surface area (Å²) in [6, 6.07) is 17.7. The lowest BCUT2D eigenvalue weighted by atomic mass is 10.1. The first-order valence-electron chi connectivity index (χ1n) is 9.92. The van der Waals surface area contributed by atoms with Crippen LogP contribution in [0.25, 0.3) is 10.5 Å². The first kappa shape index (κ1) is 22.7. The molecule has 0 aliphatic carbocycles. The van der Waals surface area contributed by atoms with Gasteiger partial charge in [0.15, 0.2) is 11.4 Å². The molecule has 4 rings (SSSR count). The fraction of sp³-hybridized carbons (Fsp3) is 0.0833. The number of rotatable bonds is 5. The highest BCUT2D eigenvalue weighted by Gasteiger charge is 2.36. The summed E-state index contributed by atoms with van der Waals surface area (Å²) < 4.78 is 40.9. The Morgan fingerprint density at radius 1 is 1.06 bits per heavy atom. The second kappa shape index (κ2) is 9.17. The number of nitrogens with zero attached hydrogens (tertiary/aromatic N) is 4. The maximum Gasteiger partial charge on any atom is 0.435 e. The quantitative estimate of drug-likeness (QED) is 0.400. The Bertz CT molecular complexity index is 1380. The van der Waals surface area contributed by atoms with E-state index in [2.05, 4.69) is 20.2 Å². The van der Waals surface area contributed by atoms with Crippen molar-refractivity contribution in [2.24, 2.45) is 0 Å². The number of alkyl halides is 3. The molecule has 0 radical (unpaired) electrons. The minimum absolute atomic E-state index is 0.133. The summed E-state index contributed by atoms with van der Waals surface area (Å²) >= 11 is 0. The van der Waals surface area contributed by atoms with E-state index in [1.807, 2.05) is 0 Å². The molecule has 2 aromatic carbocycles. The van der Waals surface area contributed by atoms with Gasteiger partial charge in [-0.25, -0.2) is 9.53 Å². The van der Waals surface area contributed by atoms with Crippen LogP contribution in [-0.4, -0.2) is 25.8 Å². The van der Waals surface area contributed by atoms with Crippen molar-refractivity contribution < 1.29 is 23.1 Å². The third-order valence-electron chi connectivity index (χ3n) is 4.86. The van der Waals surface area contributed by atoms with Crippen molar-refractivity contribution in [1.29, 1.82) is 0 Å². The molecule has 1 amide bonds. The minimum atomic E-state index is -4.77. The highest BCUT2D eigenvalue weighted by Crippen LogP contribution is 2.31. The van der Waals surface area contributed by atoms with Crippen molar-refractivity contribution in [1.82, 2.24) is 14.8 Å². The van der Waals surface area contributed by atoms with Gasteiger partial charge in [0.05, 0.1) is 18.0 Å². The Morgan fingerprint density at radius 3 is 2.56 bits per heavy atom. The molecule has 0 saturated carbocycles. The number of amides is 1. The predicted octanol–water partition coefficient (Wildman–Crippen LogP) is 5.17. The number of aliphatic hydroxyl groups excluding tert-OH is 1. The third kappa shape index (κ3) is 4.79. The predicted molar refractivity (Wildman–Crippen MR) is 118 cm³/mol. The molecule has 170 valence electrons. The summed E-state index contributed by atoms with van der Waals surface area (Å²) in [5.41, 5.74) is -0.203. The summed E-state index contributed by atoms with van der Waals surface area (Å²) in [6.07, 6.45) is -4.30. The van der Waals surface area contributed by atoms with E-state index in [1.165, 1.54) is 42.6 Å². The van der Waals surface area contributed by atoms with Gasteiger partial charge in [0.2, 0.25) is 0 Å². The SMILES string of the molecule is [C-]#[N+]c1cccc(-n2nc(C(F)(F)F)cc2C(=O)Nc2cccc(C(O)c3ccccn3)c2)c1. The second-order valence-electron chi connectivity index (χ2n) is 7.19. The van der Waals surface area contributed by atoms with Gasteiger partial charge in [-0.1, -0.05) is 30.3 Å². The van der Waals surface area contributed by atoms with Gasteiger partial charge in [0, 0.05) is 18.0 Å². The molecule has 0 aliphatic rings. The number of aromatic nitrogens is 3. The van der Waals surface area contributed by atoms with Crippen LogP contribution in [0.15, 0.2) is 79.0 Å². The highest BCUT2D eigenvalue weighted by molar-refractivity contribution is 6.03. The van der Waals surface area contributed by atoms with E-state index in [0.717, 1.165) is 4.68 Å². The molecule has 2 N–H and O–H groups in total. The van der Waals surface area contributed by atoms with Crippen molar-refractivity contribution in [3.05, 3.63) is 113 Å². The van der Waals surface area contributed by atoms with Gasteiger partial charge in [0.25, 0.3) is 5.91 Å². The molecule has 2 heterocycles. The van der Waals surface area contributed by atoms with Crippen LogP contribution in [0.2, 0.25) is 0 Å². The van der Waals surface area contributed by atoms with Gasteiger partial charge in [-0.15, -0.1) is 0 Å². The van der Waals surface area contributed by atoms with Gasteiger partial charge in [-0.2, -0.15) is 18.3 Å². The van der Waals surface area contributed by atoms with Gasteiger partial charge in [-0.05, 0) is 42.0 Å². The molecular weight excluding hydrogens is 447 g/mol. The number of nitrogens with one attached hydrogen (secondary N) is 1. The molecule has 0 bridgehead atoms. The molecular formula is C24H16F3N5O2. The lowest BCUT2D eigenvalue weighted by Gasteiger charge is -2.13. The van der Waals surface area contributed by atoms with Crippen LogP contribution in [0.4, 0.5) is 24.5 Å². The summed E-state index contributed by atoms with van der Waals surface area (Å²) in [7, 11) is 0. The number of halogens is 3. The van der Waals surface area contributed by atoms with E-state index < -0.39 is 23.9 Å². The average Bonchev–Trinajstić information content (AvgIpc) is 3.31. The Morgan fingerprint density at radius 2 is 1.85 bits per heavy atom. The summed E-state index contributed by atoms with van der Waals surface area (Å²) in [5.74, 6) is -0.847. The number of pyridine rings is 1. The zero-order valence-corrected chi connectivity index (χ0v) is 17.4. The van der Waals surface area contributed by atoms with Crippen LogP contribution >= 0.6 is 0 Å². The molecule has 0 saturated heterocycles. The van der Waals surface area contributed by atoms with Gasteiger partial charge < -0.3 is 10.4 Å². The highest BCUT2D eigenvalue weighted by atomic mass is 19.4. The van der Waals surface area contributed by atoms with E-state index in [0.29, 0.717) is 17.3 Å². The Hall–Kier alpha value is -4.49. The number of hydrogen-bond donors (Lipinski definition) is 2. The normalized spacial score (nSPS) is 12.1. The van der Waals surface area contributed by atoms with E-state index in [9.17, 15) is 23.1 Å². The van der Waals surface area contributed by atoms with Gasteiger partial charge in [0.1, 0.15) is 11.8 Å². The number of anilines is 1. The number of hydrogen-bond acceptors (Lipinski definition) is 4. The number of carbonyl (C=O) groups excluding carboxylic acids is 1. The maximum absolute atomic E-state index is 13.3. The molecule has 7 nitrogen and oxygen atoms in total. The number of carbonyl (C=O) groups is 1. The van der Waals surface area contributed by atoms with Crippen LogP contribution in [0.5, 0.6) is 0 Å². The van der Waals surface area contributed by atoms with Gasteiger partial charge in [-0.3, -0.25) is 9.78 Å². The zero-order valence-electron chi connectivity index (χ0n) is 17.4. The Kier molecular flexibility index (Phi) is 6.12. The van der Waals surface area contributed by atoms with Crippen LogP contribution in [0.1, 0.15) is 33.5 Å². The zero-order chi connectivity index (χ0) is 24.3. The summed E-state index contributed by atoms with van der Waals surface area (Å²) in [6.45, 7) is 7.12. The largest absolute Gasteiger partial charge is 0.435 e. The fourth-order valence-corrected chi connectivity index (χ4v) is 3.26. The number of benzene rings is 2. The van der Waals surface area contributed by atoms with Crippen LogP contribution in [-0.2, 0) is 6.18 Å². The second-order valence-corrected chi connectivity index (χ2v) is 7.19. The number of aliphatic hydroxyl groups is 1. The topological polar surface area (TPSA) is 84.4 Å². The monoisotopic (exact) mass is 463 g/mol. The Labute approximate surface area is 191 Å². The van der Waals surface area contributed by atoms with Crippen molar-refractivity contribution in [2.75, 3.05) is 5.32 Å². The summed E-state index contributed by atoms with van der Waals surface area (Å²) in [5, 5.41) is 16.7. The molecule has 0 spiro atoms. The van der Waals surface area contributed by atoms with Gasteiger partial charge >= 0.3 is 6.18 Å². The lowest BCUT2D eigenvalue weighted by Crippen LogP contribution is -2.17. The molecule has 1 atom stereocenters. The first-order valence-corrected chi connectivity index (χ1v) is 9.92. The van der Waals surface area contributed by atoms with Crippen LogP contribution in [0.3, 0.4) is 0 Å². The lowest BCUT2D eigenvalue weighted by molar-refractivity contribution is -0.141. The molecule has 0 aliphatic heterocycles. The van der Waals surface area contributed by atoms with Crippen molar-refractivity contribution in [3.8, 4) is 5.69 Å². The smallest absolute Gasteiger partial charge is 0.382 e. The average molecular weight is 463 g/mol. The van der Waals surface area contributed by atoms with Crippen molar-refractivity contribution >= 4 is 17.3 Å². The van der Waals surface area contributed by atoms with Crippen LogP contribution in [0, 0.1) is 6.57 Å². The van der Waals surface area contributed by atoms with Crippen molar-refractivity contribution in [3.63, 3.8) is 0 Å². The molecule has 2 aromatic heterocycles. The van der Waals surface area contributed by atoms with Crippen LogP contribution < -0.4 is 5.32 Å². The summed E-state index contributed by atoms with van der Waals surface area (Å²) in [4.78, 5) is 20.3. The molecule has 34 heavy (non-hydrogen) atoms. The van der Waals surface area contributed by atoms with Crippen molar-refractivity contribution in [2.45, 2.75) is 12.3 Å². The van der Waals surface area contributed by atoms with E-state index in [4.69, 9.17) is 6.57 Å². The standard InChI is InChI=1S/C24H16F3N5O2/c1-28-16-7-5-9-18(13-16)32-20(14-21(31-32)24(25,26)27)23(34)30-17-8-4-6-15(12-17)22(33)19-10-2-3-11-29-19/h2-14,22,33H,(H,30,34). The maximum atomic E-state index is 13.3. The van der Waals surface area contributed by atoms with E-state index >= 15 is 0 Å². The molecule has 0 fully saturated rings. The Balaban J connectivity index is 1.67. The fourth-order valence-electron chi connectivity index (χ4n) is 3.26. The van der Waals surface area contributed by atoms with E-state index in [1.54, 1.807) is 30.3 Å². The minimum Gasteiger partial charge on any atom is -0.382 e. The molecule has 1 unspecified atom stereocenters. The third-order valence-corrected chi connectivity index (χ3v) is 4.86. The molecule has 10 heteroatoms.